The molecular weight excluding hydrogens is 216 g/mol. The number of nitrogens with zero attached hydrogens (tertiary/aromatic N) is 2. The molecule has 1 rings (SSSR count). The lowest BCUT2D eigenvalue weighted by Gasteiger charge is -2.28. The second-order valence-electron chi connectivity index (χ2n) is 5.53. The largest absolute Gasteiger partial charge is 0.341 e. The summed E-state index contributed by atoms with van der Waals surface area (Å²) in [6, 6.07) is -0.123. The number of amides is 1. The van der Waals surface area contributed by atoms with E-state index in [4.69, 9.17) is 5.73 Å². The summed E-state index contributed by atoms with van der Waals surface area (Å²) in [5.41, 5.74) is 6.94. The van der Waals surface area contributed by atoms with Crippen molar-refractivity contribution in [1.29, 1.82) is 0 Å². The third-order valence-electron chi connectivity index (χ3n) is 2.91. The van der Waals surface area contributed by atoms with Crippen molar-refractivity contribution in [3.8, 4) is 0 Å². The molecule has 1 amide bonds. The molecular formula is C12H22N4O. The van der Waals surface area contributed by atoms with Crippen LogP contribution >= 0.6 is 0 Å². The minimum atomic E-state index is -0.123. The number of carbonyl (C=O) groups excluding carboxylic acids is 1. The Balaban J connectivity index is 2.48. The predicted octanol–water partition coefficient (Wildman–Crippen LogP) is 1.13. The number of carbonyl (C=O) groups is 1. The van der Waals surface area contributed by atoms with Crippen LogP contribution in [0.5, 0.6) is 0 Å². The van der Waals surface area contributed by atoms with Gasteiger partial charge in [-0.25, -0.2) is 0 Å². The molecule has 0 bridgehead atoms. The first-order valence-corrected chi connectivity index (χ1v) is 5.78. The van der Waals surface area contributed by atoms with Gasteiger partial charge in [0.25, 0.3) is 0 Å². The molecule has 1 atom stereocenters. The third-order valence-corrected chi connectivity index (χ3v) is 2.91. The first-order chi connectivity index (χ1) is 7.80. The van der Waals surface area contributed by atoms with Crippen molar-refractivity contribution in [1.82, 2.24) is 15.1 Å². The fourth-order valence-corrected chi connectivity index (χ4v) is 1.38. The highest BCUT2D eigenvalue weighted by molar-refractivity contribution is 5.76. The molecule has 5 nitrogen and oxygen atoms in total. The van der Waals surface area contributed by atoms with Crippen LogP contribution in [-0.2, 0) is 11.3 Å². The predicted molar refractivity (Wildman–Crippen MR) is 67.1 cm³/mol. The Morgan fingerprint density at radius 1 is 1.59 bits per heavy atom. The van der Waals surface area contributed by atoms with Crippen molar-refractivity contribution in [2.75, 3.05) is 7.05 Å². The SMILES string of the molecule is CN(Cc1cn[nH]c1)C(=O)CC(N)C(C)(C)C. The lowest BCUT2D eigenvalue weighted by atomic mass is 9.85. The highest BCUT2D eigenvalue weighted by Gasteiger charge is 2.24. The Morgan fingerprint density at radius 3 is 2.71 bits per heavy atom. The Hall–Kier alpha value is -1.36. The molecule has 1 unspecified atom stereocenters. The van der Waals surface area contributed by atoms with Crippen LogP contribution < -0.4 is 5.73 Å². The highest BCUT2D eigenvalue weighted by Crippen LogP contribution is 2.20. The van der Waals surface area contributed by atoms with Gasteiger partial charge in [-0.05, 0) is 5.41 Å². The van der Waals surface area contributed by atoms with Crippen molar-refractivity contribution < 1.29 is 4.79 Å². The monoisotopic (exact) mass is 238 g/mol. The molecule has 1 heterocycles. The second kappa shape index (κ2) is 5.31. The second-order valence-corrected chi connectivity index (χ2v) is 5.53. The van der Waals surface area contributed by atoms with Gasteiger partial charge in [0.1, 0.15) is 0 Å². The van der Waals surface area contributed by atoms with Crippen molar-refractivity contribution in [2.45, 2.75) is 39.8 Å². The molecule has 0 radical (unpaired) electrons. The van der Waals surface area contributed by atoms with E-state index in [1.54, 1.807) is 24.3 Å². The van der Waals surface area contributed by atoms with Gasteiger partial charge >= 0.3 is 0 Å². The first-order valence-electron chi connectivity index (χ1n) is 5.78. The standard InChI is InChI=1S/C12H22N4O/c1-12(2,3)10(13)5-11(17)16(4)8-9-6-14-15-7-9/h6-7,10H,5,8,13H2,1-4H3,(H,14,15). The normalized spacial score (nSPS) is 13.5. The zero-order valence-corrected chi connectivity index (χ0v) is 11.0. The molecule has 3 N–H and O–H groups in total. The van der Waals surface area contributed by atoms with Crippen LogP contribution in [0.1, 0.15) is 32.8 Å². The van der Waals surface area contributed by atoms with Crippen LogP contribution in [0.25, 0.3) is 0 Å². The number of hydrogen-bond donors (Lipinski definition) is 2. The molecule has 0 spiro atoms. The van der Waals surface area contributed by atoms with E-state index in [1.807, 2.05) is 20.8 Å². The lowest BCUT2D eigenvalue weighted by Crippen LogP contribution is -2.40. The molecule has 5 heteroatoms. The summed E-state index contributed by atoms with van der Waals surface area (Å²) in [5.74, 6) is 0.0635. The molecule has 0 saturated carbocycles. The molecule has 96 valence electrons. The fraction of sp³-hybridized carbons (Fsp3) is 0.667. The van der Waals surface area contributed by atoms with E-state index in [0.29, 0.717) is 13.0 Å². The molecule has 0 aromatic carbocycles. The van der Waals surface area contributed by atoms with Gasteiger partial charge in [-0.15, -0.1) is 0 Å². The summed E-state index contributed by atoms with van der Waals surface area (Å²) >= 11 is 0. The van der Waals surface area contributed by atoms with Crippen LogP contribution in [0.15, 0.2) is 12.4 Å². The maximum atomic E-state index is 11.9. The molecule has 0 aliphatic carbocycles. The Kier molecular flexibility index (Phi) is 4.28. The van der Waals surface area contributed by atoms with Gasteiger partial charge in [0, 0.05) is 37.8 Å². The minimum absolute atomic E-state index is 0.0495. The van der Waals surface area contributed by atoms with Crippen molar-refractivity contribution in [2.24, 2.45) is 11.1 Å². The van der Waals surface area contributed by atoms with Gasteiger partial charge in [0.15, 0.2) is 0 Å². The quantitative estimate of drug-likeness (QED) is 0.825. The van der Waals surface area contributed by atoms with Crippen molar-refractivity contribution >= 4 is 5.91 Å². The summed E-state index contributed by atoms with van der Waals surface area (Å²) in [6.07, 6.45) is 3.87. The van der Waals surface area contributed by atoms with Gasteiger partial charge < -0.3 is 10.6 Å². The molecule has 0 aliphatic rings. The van der Waals surface area contributed by atoms with Gasteiger partial charge in [0.2, 0.25) is 5.91 Å². The molecule has 1 aromatic heterocycles. The number of aromatic amines is 1. The summed E-state index contributed by atoms with van der Waals surface area (Å²) in [4.78, 5) is 13.6. The van der Waals surface area contributed by atoms with Crippen LogP contribution in [0.4, 0.5) is 0 Å². The number of rotatable bonds is 4. The average Bonchev–Trinajstić information content (AvgIpc) is 2.68. The van der Waals surface area contributed by atoms with Crippen LogP contribution in [-0.4, -0.2) is 34.1 Å². The fourth-order valence-electron chi connectivity index (χ4n) is 1.38. The first kappa shape index (κ1) is 13.7. The topological polar surface area (TPSA) is 75.0 Å². The van der Waals surface area contributed by atoms with E-state index in [2.05, 4.69) is 10.2 Å². The van der Waals surface area contributed by atoms with Gasteiger partial charge in [-0.2, -0.15) is 5.10 Å². The molecule has 0 aliphatic heterocycles. The van der Waals surface area contributed by atoms with Crippen molar-refractivity contribution in [3.05, 3.63) is 18.0 Å². The van der Waals surface area contributed by atoms with Crippen LogP contribution in [0.2, 0.25) is 0 Å². The van der Waals surface area contributed by atoms with E-state index in [-0.39, 0.29) is 17.4 Å². The van der Waals surface area contributed by atoms with Crippen LogP contribution in [0, 0.1) is 5.41 Å². The molecule has 0 fully saturated rings. The Bertz CT molecular complexity index is 353. The van der Waals surface area contributed by atoms with E-state index < -0.39 is 0 Å². The van der Waals surface area contributed by atoms with Crippen LogP contribution in [0.3, 0.4) is 0 Å². The molecule has 1 aromatic rings. The summed E-state index contributed by atoms with van der Waals surface area (Å²) in [7, 11) is 1.78. The van der Waals surface area contributed by atoms with E-state index in [9.17, 15) is 4.79 Å². The zero-order chi connectivity index (χ0) is 13.1. The highest BCUT2D eigenvalue weighted by atomic mass is 16.2. The lowest BCUT2D eigenvalue weighted by molar-refractivity contribution is -0.131. The smallest absolute Gasteiger partial charge is 0.224 e. The molecule has 17 heavy (non-hydrogen) atoms. The average molecular weight is 238 g/mol. The van der Waals surface area contributed by atoms with Gasteiger partial charge in [-0.1, -0.05) is 20.8 Å². The summed E-state index contributed by atoms with van der Waals surface area (Å²) in [5, 5.41) is 6.57. The molecule has 0 saturated heterocycles. The minimum Gasteiger partial charge on any atom is -0.341 e. The summed E-state index contributed by atoms with van der Waals surface area (Å²) in [6.45, 7) is 6.69. The summed E-state index contributed by atoms with van der Waals surface area (Å²) < 4.78 is 0. The van der Waals surface area contributed by atoms with Crippen molar-refractivity contribution in [3.63, 3.8) is 0 Å². The van der Waals surface area contributed by atoms with E-state index in [0.717, 1.165) is 5.56 Å². The number of nitrogens with two attached hydrogens (primary N) is 1. The number of aromatic nitrogens is 2. The third kappa shape index (κ3) is 4.19. The van der Waals surface area contributed by atoms with Gasteiger partial charge in [-0.3, -0.25) is 9.89 Å². The number of nitrogens with one attached hydrogen (secondary N) is 1. The Morgan fingerprint density at radius 2 is 2.24 bits per heavy atom. The number of H-pyrrole nitrogens is 1. The maximum Gasteiger partial charge on any atom is 0.224 e. The van der Waals surface area contributed by atoms with Gasteiger partial charge in [0.05, 0.1) is 6.20 Å². The zero-order valence-electron chi connectivity index (χ0n) is 11.0. The van der Waals surface area contributed by atoms with E-state index in [1.165, 1.54) is 0 Å². The Labute approximate surface area is 102 Å². The number of hydrogen-bond acceptors (Lipinski definition) is 3. The maximum absolute atomic E-state index is 11.9. The van der Waals surface area contributed by atoms with E-state index >= 15 is 0 Å².